The molecule has 1 aliphatic heterocycles. The van der Waals surface area contributed by atoms with Gasteiger partial charge in [0.2, 0.25) is 0 Å². The molecular formula is C15H10ClN5O3S. The van der Waals surface area contributed by atoms with Crippen molar-refractivity contribution in [3.8, 4) is 0 Å². The van der Waals surface area contributed by atoms with Gasteiger partial charge in [0, 0.05) is 5.02 Å². The van der Waals surface area contributed by atoms with Crippen molar-refractivity contribution in [3.63, 3.8) is 0 Å². The van der Waals surface area contributed by atoms with Crippen LogP contribution in [0.25, 0.3) is 0 Å². The first kappa shape index (κ1) is 15.6. The summed E-state index contributed by atoms with van der Waals surface area (Å²) in [5, 5.41) is 3.37. The van der Waals surface area contributed by atoms with Gasteiger partial charge in [-0.25, -0.2) is 4.79 Å². The van der Waals surface area contributed by atoms with E-state index in [2.05, 4.69) is 25.3 Å². The second kappa shape index (κ2) is 5.57. The summed E-state index contributed by atoms with van der Waals surface area (Å²) in [6.07, 6.45) is 0. The van der Waals surface area contributed by atoms with Gasteiger partial charge in [0.1, 0.15) is 11.5 Å². The van der Waals surface area contributed by atoms with Gasteiger partial charge in [-0.1, -0.05) is 23.7 Å². The summed E-state index contributed by atoms with van der Waals surface area (Å²) in [6, 6.07) is 6.80. The Labute approximate surface area is 148 Å². The first-order valence-electron chi connectivity index (χ1n) is 7.19. The van der Waals surface area contributed by atoms with Crippen molar-refractivity contribution in [2.24, 2.45) is 0 Å². The average molecular weight is 376 g/mol. The Balaban J connectivity index is 2.11. The Morgan fingerprint density at radius 1 is 0.920 bits per heavy atom. The minimum atomic E-state index is -0.672. The molecule has 10 heteroatoms. The summed E-state index contributed by atoms with van der Waals surface area (Å²) < 4.78 is 0.121. The fraction of sp³-hybridized carbons (Fsp3) is 0.0667. The zero-order valence-electron chi connectivity index (χ0n) is 12.4. The molecule has 8 nitrogen and oxygen atoms in total. The Hall–Kier alpha value is -2.91. The molecule has 126 valence electrons. The summed E-state index contributed by atoms with van der Waals surface area (Å²) in [5.74, 6) is -0.368. The number of aromatic amines is 4. The monoisotopic (exact) mass is 375 g/mol. The quantitative estimate of drug-likeness (QED) is 0.324. The Bertz CT molecular complexity index is 1220. The SMILES string of the molecule is O=c1[nH]c2c(c(=O)[nH]1)Nc1[nH]c(=S)[nH]c(=O)c1C2c1ccc(Cl)cc1. The molecule has 0 bridgehead atoms. The van der Waals surface area contributed by atoms with Gasteiger partial charge in [0.25, 0.3) is 11.1 Å². The molecule has 3 aromatic rings. The number of fused-ring (bicyclic) bond motifs is 2. The van der Waals surface area contributed by atoms with E-state index in [4.69, 9.17) is 23.8 Å². The van der Waals surface area contributed by atoms with E-state index in [-0.39, 0.29) is 10.5 Å². The van der Waals surface area contributed by atoms with Gasteiger partial charge in [0.05, 0.1) is 17.2 Å². The maximum absolute atomic E-state index is 12.5. The number of hydrogen-bond donors (Lipinski definition) is 5. The van der Waals surface area contributed by atoms with Crippen LogP contribution in [0.5, 0.6) is 0 Å². The molecule has 0 radical (unpaired) electrons. The molecular weight excluding hydrogens is 366 g/mol. The average Bonchev–Trinajstić information content (AvgIpc) is 2.54. The lowest BCUT2D eigenvalue weighted by atomic mass is 9.86. The molecule has 2 aromatic heterocycles. The molecule has 5 N–H and O–H groups in total. The Kier molecular flexibility index (Phi) is 3.48. The number of anilines is 2. The molecule has 1 atom stereocenters. The number of H-pyrrole nitrogens is 4. The lowest BCUT2D eigenvalue weighted by molar-refractivity contribution is 0.831. The summed E-state index contributed by atoms with van der Waals surface area (Å²) in [7, 11) is 0. The predicted octanol–water partition coefficient (Wildman–Crippen LogP) is 1.70. The highest BCUT2D eigenvalue weighted by atomic mass is 35.5. The van der Waals surface area contributed by atoms with Crippen LogP contribution >= 0.6 is 23.8 Å². The lowest BCUT2D eigenvalue weighted by Crippen LogP contribution is -2.34. The number of aromatic nitrogens is 4. The number of rotatable bonds is 1. The molecule has 0 spiro atoms. The molecule has 0 saturated carbocycles. The molecule has 4 rings (SSSR count). The van der Waals surface area contributed by atoms with E-state index < -0.39 is 22.7 Å². The van der Waals surface area contributed by atoms with Gasteiger partial charge in [-0.2, -0.15) is 0 Å². The predicted molar refractivity (Wildman–Crippen MR) is 95.6 cm³/mol. The van der Waals surface area contributed by atoms with E-state index in [1.165, 1.54) is 0 Å². The van der Waals surface area contributed by atoms with Crippen molar-refractivity contribution in [1.82, 2.24) is 19.9 Å². The van der Waals surface area contributed by atoms with Gasteiger partial charge in [-0.15, -0.1) is 0 Å². The standard InChI is InChI=1S/C15H10ClN5O3S/c16-6-3-1-5(2-4-6)7-8-11(19-15(25)21-12(8)22)17-10-9(7)18-14(24)20-13(10)23/h1-4,7H,(H2,18,20,23,24)(H3,17,19,21,22,25). The van der Waals surface area contributed by atoms with E-state index >= 15 is 0 Å². The fourth-order valence-electron chi connectivity index (χ4n) is 2.97. The first-order chi connectivity index (χ1) is 11.9. The Morgan fingerprint density at radius 3 is 2.36 bits per heavy atom. The maximum atomic E-state index is 12.5. The van der Waals surface area contributed by atoms with Crippen molar-refractivity contribution in [2.45, 2.75) is 5.92 Å². The van der Waals surface area contributed by atoms with Crippen LogP contribution in [0.4, 0.5) is 11.5 Å². The molecule has 0 saturated heterocycles. The van der Waals surface area contributed by atoms with Crippen LogP contribution in [0.3, 0.4) is 0 Å². The fourth-order valence-corrected chi connectivity index (χ4v) is 3.29. The molecule has 3 heterocycles. The van der Waals surface area contributed by atoms with Crippen molar-refractivity contribution in [1.29, 1.82) is 0 Å². The highest BCUT2D eigenvalue weighted by Gasteiger charge is 2.32. The largest absolute Gasteiger partial charge is 0.335 e. The van der Waals surface area contributed by atoms with E-state index in [1.807, 2.05) is 0 Å². The van der Waals surface area contributed by atoms with Crippen LogP contribution < -0.4 is 22.1 Å². The van der Waals surface area contributed by atoms with E-state index in [0.717, 1.165) is 0 Å². The zero-order valence-corrected chi connectivity index (χ0v) is 14.0. The lowest BCUT2D eigenvalue weighted by Gasteiger charge is -2.27. The Morgan fingerprint density at radius 2 is 1.64 bits per heavy atom. The molecule has 1 aliphatic rings. The van der Waals surface area contributed by atoms with Crippen molar-refractivity contribution in [2.75, 3.05) is 5.32 Å². The van der Waals surface area contributed by atoms with Crippen LogP contribution in [-0.2, 0) is 0 Å². The molecule has 0 fully saturated rings. The molecule has 0 amide bonds. The molecule has 1 aromatic carbocycles. The van der Waals surface area contributed by atoms with Crippen molar-refractivity contribution in [3.05, 3.63) is 82.1 Å². The van der Waals surface area contributed by atoms with E-state index in [9.17, 15) is 14.4 Å². The molecule has 25 heavy (non-hydrogen) atoms. The van der Waals surface area contributed by atoms with Crippen LogP contribution in [-0.4, -0.2) is 19.9 Å². The topological polar surface area (TPSA) is 126 Å². The summed E-state index contributed by atoms with van der Waals surface area (Å²) in [5.41, 5.74) is -0.243. The van der Waals surface area contributed by atoms with Crippen LogP contribution in [0, 0.1) is 4.77 Å². The minimum Gasteiger partial charge on any atom is -0.335 e. The second-order valence-corrected chi connectivity index (χ2v) is 6.35. The third-order valence-electron chi connectivity index (χ3n) is 3.98. The third kappa shape index (κ3) is 2.53. The first-order valence-corrected chi connectivity index (χ1v) is 7.98. The van der Waals surface area contributed by atoms with Crippen molar-refractivity contribution < 1.29 is 0 Å². The smallest absolute Gasteiger partial charge is 0.326 e. The van der Waals surface area contributed by atoms with E-state index in [1.54, 1.807) is 24.3 Å². The third-order valence-corrected chi connectivity index (χ3v) is 4.44. The molecule has 1 unspecified atom stereocenters. The summed E-state index contributed by atoms with van der Waals surface area (Å²) in [4.78, 5) is 46.7. The van der Waals surface area contributed by atoms with Crippen LogP contribution in [0.2, 0.25) is 5.02 Å². The highest BCUT2D eigenvalue weighted by Crippen LogP contribution is 2.39. The normalized spacial score (nSPS) is 15.2. The van der Waals surface area contributed by atoms with Gasteiger partial charge in [0.15, 0.2) is 4.77 Å². The second-order valence-electron chi connectivity index (χ2n) is 5.50. The van der Waals surface area contributed by atoms with Gasteiger partial charge < -0.3 is 15.3 Å². The summed E-state index contributed by atoms with van der Waals surface area (Å²) in [6.45, 7) is 0. The number of halogens is 1. The van der Waals surface area contributed by atoms with Gasteiger partial charge >= 0.3 is 5.69 Å². The number of benzene rings is 1. The van der Waals surface area contributed by atoms with Gasteiger partial charge in [-0.05, 0) is 29.9 Å². The zero-order chi connectivity index (χ0) is 17.7. The highest BCUT2D eigenvalue weighted by molar-refractivity contribution is 7.71. The minimum absolute atomic E-state index is 0.121. The van der Waals surface area contributed by atoms with Gasteiger partial charge in [-0.3, -0.25) is 19.6 Å². The number of nitrogens with one attached hydrogen (secondary N) is 5. The number of hydrogen-bond acceptors (Lipinski definition) is 5. The maximum Gasteiger partial charge on any atom is 0.326 e. The van der Waals surface area contributed by atoms with Crippen LogP contribution in [0.1, 0.15) is 22.7 Å². The van der Waals surface area contributed by atoms with Crippen LogP contribution in [0.15, 0.2) is 38.6 Å². The van der Waals surface area contributed by atoms with Crippen molar-refractivity contribution >= 4 is 35.3 Å². The summed E-state index contributed by atoms with van der Waals surface area (Å²) >= 11 is 10.9. The molecule has 0 aliphatic carbocycles. The van der Waals surface area contributed by atoms with E-state index in [0.29, 0.717) is 27.7 Å².